The molecule has 68 valence electrons. The second-order valence-corrected chi connectivity index (χ2v) is 2.94. The van der Waals surface area contributed by atoms with Gasteiger partial charge in [-0.1, -0.05) is 12.5 Å². The van der Waals surface area contributed by atoms with Crippen LogP contribution in [0.3, 0.4) is 0 Å². The van der Waals surface area contributed by atoms with Gasteiger partial charge in [-0.15, -0.1) is 11.6 Å². The van der Waals surface area contributed by atoms with Crippen LogP contribution in [0, 0.1) is 0 Å². The Morgan fingerprint density at radius 3 is 2.92 bits per heavy atom. The molecule has 0 N–H and O–H groups in total. The van der Waals surface area contributed by atoms with E-state index in [2.05, 4.69) is 0 Å². The molecule has 0 aromatic heterocycles. The maximum absolute atomic E-state index is 5.63. The van der Waals surface area contributed by atoms with Crippen LogP contribution in [0.4, 0.5) is 0 Å². The van der Waals surface area contributed by atoms with E-state index < -0.39 is 0 Å². The lowest BCUT2D eigenvalue weighted by Gasteiger charge is -1.97. The van der Waals surface area contributed by atoms with Gasteiger partial charge >= 0.3 is 0 Å². The fourth-order valence-electron chi connectivity index (χ4n) is 0.977. The van der Waals surface area contributed by atoms with Gasteiger partial charge in [0.1, 0.15) is 5.76 Å². The molecule has 3 heteroatoms. The van der Waals surface area contributed by atoms with Crippen molar-refractivity contribution in [3.8, 4) is 0 Å². The zero-order valence-electron chi connectivity index (χ0n) is 7.39. The van der Waals surface area contributed by atoms with Crippen molar-refractivity contribution in [2.24, 2.45) is 0 Å². The lowest BCUT2D eigenvalue weighted by molar-refractivity contribution is 0.0725. The van der Waals surface area contributed by atoms with Gasteiger partial charge in [-0.3, -0.25) is 0 Å². The van der Waals surface area contributed by atoms with E-state index in [0.717, 1.165) is 23.5 Å². The fourth-order valence-corrected chi connectivity index (χ4v) is 1.05. The van der Waals surface area contributed by atoms with Crippen LogP contribution in [0.1, 0.15) is 20.3 Å². The monoisotopic (exact) mass is 188 g/mol. The maximum Gasteiger partial charge on any atom is 0.230 e. The smallest absolute Gasteiger partial charge is 0.230 e. The predicted octanol–water partition coefficient (Wildman–Crippen LogP) is 2.80. The average molecular weight is 189 g/mol. The first kappa shape index (κ1) is 9.46. The third-order valence-electron chi connectivity index (χ3n) is 1.63. The van der Waals surface area contributed by atoms with Crippen LogP contribution in [0.2, 0.25) is 0 Å². The fraction of sp³-hybridized carbons (Fsp3) is 0.556. The van der Waals surface area contributed by atoms with Crippen molar-refractivity contribution in [1.82, 2.24) is 0 Å². The van der Waals surface area contributed by atoms with Crippen molar-refractivity contribution in [2.75, 3.05) is 12.7 Å². The molecule has 0 aliphatic carbocycles. The van der Waals surface area contributed by atoms with Gasteiger partial charge in [0, 0.05) is 12.3 Å². The van der Waals surface area contributed by atoms with Gasteiger partial charge in [-0.05, 0) is 13.0 Å². The van der Waals surface area contributed by atoms with Gasteiger partial charge in [0.15, 0.2) is 5.76 Å². The Kier molecular flexibility index (Phi) is 3.48. The van der Waals surface area contributed by atoms with Crippen molar-refractivity contribution in [2.45, 2.75) is 20.3 Å². The molecule has 0 radical (unpaired) electrons. The number of rotatable bonds is 3. The number of halogens is 1. The minimum absolute atomic E-state index is 0.338. The van der Waals surface area contributed by atoms with E-state index in [0.29, 0.717) is 12.7 Å². The summed E-state index contributed by atoms with van der Waals surface area (Å²) < 4.78 is 10.5. The van der Waals surface area contributed by atoms with Gasteiger partial charge in [0.2, 0.25) is 6.79 Å². The third-order valence-corrected chi connectivity index (χ3v) is 2.05. The highest BCUT2D eigenvalue weighted by molar-refractivity contribution is 6.19. The van der Waals surface area contributed by atoms with Gasteiger partial charge in [0.05, 0.1) is 0 Å². The summed E-state index contributed by atoms with van der Waals surface area (Å²) in [5.41, 5.74) is 1.09. The largest absolute Gasteiger partial charge is 0.458 e. The molecule has 0 unspecified atom stereocenters. The molecule has 0 aromatic carbocycles. The van der Waals surface area contributed by atoms with Gasteiger partial charge in [-0.25, -0.2) is 0 Å². The van der Waals surface area contributed by atoms with Crippen molar-refractivity contribution in [3.05, 3.63) is 23.2 Å². The Morgan fingerprint density at radius 2 is 2.33 bits per heavy atom. The maximum atomic E-state index is 5.63. The number of hydrogen-bond donors (Lipinski definition) is 0. The van der Waals surface area contributed by atoms with Crippen molar-refractivity contribution >= 4 is 11.6 Å². The topological polar surface area (TPSA) is 18.5 Å². The molecule has 0 fully saturated rings. The number of allylic oxidation sites excluding steroid dienone is 3. The number of ether oxygens (including phenoxy) is 2. The Morgan fingerprint density at radius 1 is 1.58 bits per heavy atom. The van der Waals surface area contributed by atoms with Crippen LogP contribution < -0.4 is 0 Å². The molecular formula is C9H13ClO2. The number of alkyl halides is 1. The van der Waals surface area contributed by atoms with Crippen molar-refractivity contribution < 1.29 is 9.47 Å². The van der Waals surface area contributed by atoms with Crippen LogP contribution in [0.25, 0.3) is 0 Å². The van der Waals surface area contributed by atoms with Crippen LogP contribution >= 0.6 is 11.6 Å². The first-order valence-electron chi connectivity index (χ1n) is 3.99. The highest BCUT2D eigenvalue weighted by Crippen LogP contribution is 2.21. The molecule has 1 aliphatic rings. The summed E-state index contributed by atoms with van der Waals surface area (Å²) in [7, 11) is 0. The van der Waals surface area contributed by atoms with Crippen LogP contribution in [-0.2, 0) is 9.47 Å². The lowest BCUT2D eigenvalue weighted by Crippen LogP contribution is -1.85. The minimum Gasteiger partial charge on any atom is -0.458 e. The summed E-state index contributed by atoms with van der Waals surface area (Å²) in [5.74, 6) is 2.28. The first-order valence-corrected chi connectivity index (χ1v) is 4.53. The summed E-state index contributed by atoms with van der Waals surface area (Å²) in [6.45, 7) is 4.34. The Labute approximate surface area is 77.8 Å². The molecule has 0 spiro atoms. The normalized spacial score (nSPS) is 17.8. The van der Waals surface area contributed by atoms with E-state index in [-0.39, 0.29) is 0 Å². The SMILES string of the molecule is CCC1=C(/C=C(/C)CCl)OCO1. The summed E-state index contributed by atoms with van der Waals surface area (Å²) in [6.07, 6.45) is 2.79. The third kappa shape index (κ3) is 2.18. The van der Waals surface area contributed by atoms with E-state index in [1.165, 1.54) is 0 Å². The molecule has 1 rings (SSSR count). The van der Waals surface area contributed by atoms with E-state index in [9.17, 15) is 0 Å². The molecular weight excluding hydrogens is 176 g/mol. The molecule has 1 aliphatic heterocycles. The van der Waals surface area contributed by atoms with Crippen LogP contribution in [0.15, 0.2) is 23.2 Å². The first-order chi connectivity index (χ1) is 5.77. The molecule has 1 heterocycles. The highest BCUT2D eigenvalue weighted by Gasteiger charge is 2.12. The minimum atomic E-state index is 0.338. The molecule has 0 aromatic rings. The lowest BCUT2D eigenvalue weighted by atomic mass is 10.2. The zero-order chi connectivity index (χ0) is 8.97. The molecule has 12 heavy (non-hydrogen) atoms. The quantitative estimate of drug-likeness (QED) is 0.635. The van der Waals surface area contributed by atoms with Gasteiger partial charge < -0.3 is 9.47 Å². The van der Waals surface area contributed by atoms with E-state index in [1.54, 1.807) is 0 Å². The standard InChI is InChI=1S/C9H13ClO2/c1-3-8-9(12-6-11-8)4-7(2)5-10/h4H,3,5-6H2,1-2H3/b7-4-. The summed E-state index contributed by atoms with van der Waals surface area (Å²) in [4.78, 5) is 0. The van der Waals surface area contributed by atoms with Crippen molar-refractivity contribution in [1.29, 1.82) is 0 Å². The second-order valence-electron chi connectivity index (χ2n) is 2.67. The molecule has 0 amide bonds. The molecule has 0 atom stereocenters. The molecule has 0 bridgehead atoms. The van der Waals surface area contributed by atoms with Crippen LogP contribution in [-0.4, -0.2) is 12.7 Å². The number of hydrogen-bond acceptors (Lipinski definition) is 2. The predicted molar refractivity (Wildman–Crippen MR) is 48.8 cm³/mol. The highest BCUT2D eigenvalue weighted by atomic mass is 35.5. The van der Waals surface area contributed by atoms with E-state index in [1.807, 2.05) is 19.9 Å². The van der Waals surface area contributed by atoms with Crippen molar-refractivity contribution in [3.63, 3.8) is 0 Å². The van der Waals surface area contributed by atoms with Gasteiger partial charge in [0.25, 0.3) is 0 Å². The van der Waals surface area contributed by atoms with E-state index in [4.69, 9.17) is 21.1 Å². The Balaban J connectivity index is 2.72. The summed E-state index contributed by atoms with van der Waals surface area (Å²) >= 11 is 5.63. The molecule has 0 saturated heterocycles. The molecule has 0 saturated carbocycles. The van der Waals surface area contributed by atoms with E-state index >= 15 is 0 Å². The molecule has 2 nitrogen and oxygen atoms in total. The average Bonchev–Trinajstić information content (AvgIpc) is 2.51. The Hall–Kier alpha value is -0.630. The summed E-state index contributed by atoms with van der Waals surface area (Å²) in [5, 5.41) is 0. The summed E-state index contributed by atoms with van der Waals surface area (Å²) in [6, 6.07) is 0. The second kappa shape index (κ2) is 4.41. The Bertz CT molecular complexity index is 219. The zero-order valence-corrected chi connectivity index (χ0v) is 8.15. The van der Waals surface area contributed by atoms with Crippen LogP contribution in [0.5, 0.6) is 0 Å². The van der Waals surface area contributed by atoms with Gasteiger partial charge in [-0.2, -0.15) is 0 Å².